The molecule has 1 saturated heterocycles. The molecule has 0 aromatic rings. The molecule has 17 heavy (non-hydrogen) atoms. The van der Waals surface area contributed by atoms with E-state index in [0.29, 0.717) is 25.6 Å². The van der Waals surface area contributed by atoms with Gasteiger partial charge in [-0.1, -0.05) is 13.3 Å². The minimum Gasteiger partial charge on any atom is -0.318 e. The van der Waals surface area contributed by atoms with E-state index in [9.17, 15) is 8.42 Å². The zero-order valence-corrected chi connectivity index (χ0v) is 12.1. The molecule has 0 radical (unpaired) electrons. The average molecular weight is 262 g/mol. The molecule has 5 heteroatoms. The Morgan fingerprint density at radius 1 is 1.35 bits per heavy atom. The molecule has 0 aromatic carbocycles. The summed E-state index contributed by atoms with van der Waals surface area (Å²) in [6.45, 7) is 5.91. The van der Waals surface area contributed by atoms with Gasteiger partial charge in [0.2, 0.25) is 10.0 Å². The van der Waals surface area contributed by atoms with Gasteiger partial charge >= 0.3 is 0 Å². The summed E-state index contributed by atoms with van der Waals surface area (Å²) in [5.41, 5.74) is 0. The Morgan fingerprint density at radius 3 is 2.65 bits per heavy atom. The van der Waals surface area contributed by atoms with Crippen LogP contribution in [0.5, 0.6) is 0 Å². The number of nitrogens with one attached hydrogen (secondary N) is 1. The van der Waals surface area contributed by atoms with Crippen molar-refractivity contribution in [3.63, 3.8) is 0 Å². The molecular formula is C12H26N2O2S. The van der Waals surface area contributed by atoms with E-state index in [2.05, 4.69) is 12.2 Å². The predicted octanol–water partition coefficient (Wildman–Crippen LogP) is 1.44. The first-order valence-electron chi connectivity index (χ1n) is 6.66. The van der Waals surface area contributed by atoms with Gasteiger partial charge in [0.05, 0.1) is 5.25 Å². The Bertz CT molecular complexity index is 316. The van der Waals surface area contributed by atoms with Crippen LogP contribution in [0, 0.1) is 5.92 Å². The van der Waals surface area contributed by atoms with Crippen LogP contribution in [-0.2, 0) is 10.0 Å². The van der Waals surface area contributed by atoms with E-state index in [-0.39, 0.29) is 5.25 Å². The summed E-state index contributed by atoms with van der Waals surface area (Å²) in [5.74, 6) is 0.704. The highest BCUT2D eigenvalue weighted by Crippen LogP contribution is 2.23. The van der Waals surface area contributed by atoms with Crippen molar-refractivity contribution in [2.24, 2.45) is 5.92 Å². The van der Waals surface area contributed by atoms with E-state index in [1.54, 1.807) is 18.3 Å². The molecule has 102 valence electrons. The molecule has 1 aliphatic rings. The van der Waals surface area contributed by atoms with Crippen LogP contribution < -0.4 is 5.32 Å². The van der Waals surface area contributed by atoms with Gasteiger partial charge in [0.15, 0.2) is 0 Å². The minimum atomic E-state index is -3.11. The normalized spacial score (nSPS) is 25.5. The van der Waals surface area contributed by atoms with Crippen LogP contribution in [0.1, 0.15) is 39.5 Å². The largest absolute Gasteiger partial charge is 0.318 e. The van der Waals surface area contributed by atoms with Crippen molar-refractivity contribution < 1.29 is 8.42 Å². The molecule has 2 atom stereocenters. The lowest BCUT2D eigenvalue weighted by Gasteiger charge is -2.24. The lowest BCUT2D eigenvalue weighted by Crippen LogP contribution is -2.41. The van der Waals surface area contributed by atoms with Crippen molar-refractivity contribution in [1.29, 1.82) is 0 Å². The summed E-state index contributed by atoms with van der Waals surface area (Å²) in [5, 5.41) is 2.61. The Labute approximate surface area is 106 Å². The highest BCUT2D eigenvalue weighted by Gasteiger charge is 2.29. The Morgan fingerprint density at radius 2 is 2.06 bits per heavy atom. The molecule has 1 heterocycles. The van der Waals surface area contributed by atoms with Crippen LogP contribution in [0.4, 0.5) is 0 Å². The lowest BCUT2D eigenvalue weighted by molar-refractivity contribution is 0.401. The van der Waals surface area contributed by atoms with E-state index < -0.39 is 10.0 Å². The van der Waals surface area contributed by atoms with Crippen molar-refractivity contribution in [2.75, 3.05) is 26.7 Å². The van der Waals surface area contributed by atoms with E-state index in [1.807, 2.05) is 0 Å². The SMILES string of the molecule is CCC1CCCN(S(=O)(=O)C(C)CNC)CC1. The standard InChI is InChI=1S/C12H26N2O2S/c1-4-12-6-5-8-14(9-7-12)17(15,16)11(2)10-13-3/h11-13H,4-10H2,1-3H3. The van der Waals surface area contributed by atoms with Crippen molar-refractivity contribution in [3.05, 3.63) is 0 Å². The zero-order valence-electron chi connectivity index (χ0n) is 11.3. The Hall–Kier alpha value is -0.130. The smallest absolute Gasteiger partial charge is 0.217 e. The molecule has 1 N–H and O–H groups in total. The van der Waals surface area contributed by atoms with E-state index in [4.69, 9.17) is 0 Å². The summed E-state index contributed by atoms with van der Waals surface area (Å²) >= 11 is 0. The quantitative estimate of drug-likeness (QED) is 0.815. The first-order chi connectivity index (χ1) is 8.02. The summed E-state index contributed by atoms with van der Waals surface area (Å²) in [6, 6.07) is 0. The van der Waals surface area contributed by atoms with E-state index in [1.165, 1.54) is 12.8 Å². The second-order valence-corrected chi connectivity index (χ2v) is 7.37. The summed E-state index contributed by atoms with van der Waals surface area (Å²) in [6.07, 6.45) is 4.36. The summed E-state index contributed by atoms with van der Waals surface area (Å²) < 4.78 is 26.3. The third-order valence-electron chi connectivity index (χ3n) is 3.74. The number of hydrogen-bond acceptors (Lipinski definition) is 3. The molecule has 0 spiro atoms. The lowest BCUT2D eigenvalue weighted by atomic mass is 9.98. The molecule has 4 nitrogen and oxygen atoms in total. The van der Waals surface area contributed by atoms with Gasteiger partial charge in [-0.25, -0.2) is 12.7 Å². The fourth-order valence-corrected chi connectivity index (χ4v) is 4.08. The fourth-order valence-electron chi connectivity index (χ4n) is 2.45. The number of rotatable bonds is 5. The molecule has 1 fully saturated rings. The average Bonchev–Trinajstić information content (AvgIpc) is 2.54. The molecule has 0 aliphatic carbocycles. The molecule has 0 amide bonds. The topological polar surface area (TPSA) is 49.4 Å². The van der Waals surface area contributed by atoms with Gasteiger partial charge in [0.1, 0.15) is 0 Å². The van der Waals surface area contributed by atoms with Crippen LogP contribution in [0.2, 0.25) is 0 Å². The maximum absolute atomic E-state index is 12.3. The van der Waals surface area contributed by atoms with Crippen LogP contribution in [0.3, 0.4) is 0 Å². The minimum absolute atomic E-state index is 0.328. The van der Waals surface area contributed by atoms with Gasteiger partial charge in [-0.15, -0.1) is 0 Å². The predicted molar refractivity (Wildman–Crippen MR) is 71.5 cm³/mol. The third-order valence-corrected chi connectivity index (χ3v) is 6.01. The highest BCUT2D eigenvalue weighted by molar-refractivity contribution is 7.89. The van der Waals surface area contributed by atoms with Crippen molar-refractivity contribution >= 4 is 10.0 Å². The second-order valence-electron chi connectivity index (χ2n) is 5.02. The van der Waals surface area contributed by atoms with Crippen molar-refractivity contribution in [2.45, 2.75) is 44.8 Å². The molecular weight excluding hydrogens is 236 g/mol. The first-order valence-corrected chi connectivity index (χ1v) is 8.16. The van der Waals surface area contributed by atoms with Crippen molar-refractivity contribution in [1.82, 2.24) is 9.62 Å². The molecule has 0 aromatic heterocycles. The summed E-state index contributed by atoms with van der Waals surface area (Å²) in [7, 11) is -1.32. The van der Waals surface area contributed by atoms with Crippen LogP contribution in [0.15, 0.2) is 0 Å². The van der Waals surface area contributed by atoms with Crippen molar-refractivity contribution in [3.8, 4) is 0 Å². The highest BCUT2D eigenvalue weighted by atomic mass is 32.2. The molecule has 0 bridgehead atoms. The molecule has 2 unspecified atom stereocenters. The molecule has 0 saturated carbocycles. The van der Waals surface area contributed by atoms with Gasteiger partial charge in [-0.05, 0) is 39.2 Å². The molecule has 1 aliphatic heterocycles. The van der Waals surface area contributed by atoms with Gasteiger partial charge in [-0.2, -0.15) is 0 Å². The van der Waals surface area contributed by atoms with Gasteiger partial charge in [0.25, 0.3) is 0 Å². The Balaban J connectivity index is 2.65. The maximum Gasteiger partial charge on any atom is 0.217 e. The monoisotopic (exact) mass is 262 g/mol. The van der Waals surface area contributed by atoms with E-state index in [0.717, 1.165) is 12.8 Å². The number of sulfonamides is 1. The number of nitrogens with zero attached hydrogens (tertiary/aromatic N) is 1. The van der Waals surface area contributed by atoms with E-state index >= 15 is 0 Å². The fraction of sp³-hybridized carbons (Fsp3) is 1.00. The van der Waals surface area contributed by atoms with Gasteiger partial charge in [0, 0.05) is 19.6 Å². The van der Waals surface area contributed by atoms with Crippen LogP contribution in [-0.4, -0.2) is 44.7 Å². The summed E-state index contributed by atoms with van der Waals surface area (Å²) in [4.78, 5) is 0. The second kappa shape index (κ2) is 6.71. The van der Waals surface area contributed by atoms with Crippen LogP contribution in [0.25, 0.3) is 0 Å². The maximum atomic E-state index is 12.3. The number of hydrogen-bond donors (Lipinski definition) is 1. The molecule has 1 rings (SSSR count). The van der Waals surface area contributed by atoms with Gasteiger partial charge in [-0.3, -0.25) is 0 Å². The Kier molecular flexibility index (Phi) is 5.89. The first kappa shape index (κ1) is 14.9. The zero-order chi connectivity index (χ0) is 12.9. The van der Waals surface area contributed by atoms with Gasteiger partial charge < -0.3 is 5.32 Å². The third kappa shape index (κ3) is 3.93. The van der Waals surface area contributed by atoms with Crippen LogP contribution >= 0.6 is 0 Å².